The van der Waals surface area contributed by atoms with Crippen LogP contribution in [0, 0.1) is 0 Å². The van der Waals surface area contributed by atoms with Crippen molar-refractivity contribution in [2.75, 3.05) is 27.2 Å². The highest BCUT2D eigenvalue weighted by atomic mass is 15.1. The third kappa shape index (κ3) is 9.13. The van der Waals surface area contributed by atoms with E-state index in [1.165, 1.54) is 12.8 Å². The molecule has 3 heteroatoms. The van der Waals surface area contributed by atoms with Gasteiger partial charge < -0.3 is 15.5 Å². The second kappa shape index (κ2) is 8.97. The van der Waals surface area contributed by atoms with E-state index >= 15 is 0 Å². The number of likely N-dealkylation sites (N-methyl/N-ethyl adjacent to an activating group) is 1. The van der Waals surface area contributed by atoms with Gasteiger partial charge in [-0.3, -0.25) is 0 Å². The standard InChI is InChI=1S/C13H31N3/c1-7-13(15-11(2)3)10-12(4)14-8-9-16(5)6/h11-15H,7-10H2,1-6H3. The Labute approximate surface area is 102 Å². The van der Waals surface area contributed by atoms with Gasteiger partial charge in [0.1, 0.15) is 0 Å². The molecule has 0 aliphatic heterocycles. The Morgan fingerprint density at radius 3 is 2.19 bits per heavy atom. The van der Waals surface area contributed by atoms with E-state index in [1.807, 2.05) is 0 Å². The van der Waals surface area contributed by atoms with Crippen molar-refractivity contribution in [2.45, 2.75) is 58.7 Å². The van der Waals surface area contributed by atoms with Crippen molar-refractivity contribution in [2.24, 2.45) is 0 Å². The highest BCUT2D eigenvalue weighted by Gasteiger charge is 2.11. The fourth-order valence-electron chi connectivity index (χ4n) is 1.87. The Bertz CT molecular complexity index is 157. The van der Waals surface area contributed by atoms with Crippen molar-refractivity contribution >= 4 is 0 Å². The summed E-state index contributed by atoms with van der Waals surface area (Å²) in [5.41, 5.74) is 0. The molecule has 0 spiro atoms. The number of hydrogen-bond acceptors (Lipinski definition) is 3. The van der Waals surface area contributed by atoms with Crippen molar-refractivity contribution < 1.29 is 0 Å². The fraction of sp³-hybridized carbons (Fsp3) is 1.00. The average Bonchev–Trinajstić information content (AvgIpc) is 2.15. The maximum absolute atomic E-state index is 3.61. The lowest BCUT2D eigenvalue weighted by atomic mass is 10.1. The summed E-state index contributed by atoms with van der Waals surface area (Å²) in [4.78, 5) is 2.21. The molecule has 2 atom stereocenters. The average molecular weight is 229 g/mol. The summed E-state index contributed by atoms with van der Waals surface area (Å²) in [6.45, 7) is 11.2. The maximum Gasteiger partial charge on any atom is 0.0101 e. The van der Waals surface area contributed by atoms with Crippen molar-refractivity contribution in [1.82, 2.24) is 15.5 Å². The molecule has 0 radical (unpaired) electrons. The van der Waals surface area contributed by atoms with Crippen molar-refractivity contribution in [3.05, 3.63) is 0 Å². The molecule has 0 rings (SSSR count). The molecular weight excluding hydrogens is 198 g/mol. The molecule has 98 valence electrons. The zero-order valence-corrected chi connectivity index (χ0v) is 12.0. The second-order valence-electron chi connectivity index (χ2n) is 5.32. The van der Waals surface area contributed by atoms with Gasteiger partial charge in [0.2, 0.25) is 0 Å². The van der Waals surface area contributed by atoms with Gasteiger partial charge in [-0.2, -0.15) is 0 Å². The summed E-state index contributed by atoms with van der Waals surface area (Å²) >= 11 is 0. The molecular formula is C13H31N3. The maximum atomic E-state index is 3.61. The van der Waals surface area contributed by atoms with E-state index in [0.29, 0.717) is 18.1 Å². The van der Waals surface area contributed by atoms with Crippen LogP contribution in [0.25, 0.3) is 0 Å². The van der Waals surface area contributed by atoms with Crippen molar-refractivity contribution in [3.63, 3.8) is 0 Å². The summed E-state index contributed by atoms with van der Waals surface area (Å²) in [5.74, 6) is 0. The molecule has 0 aromatic heterocycles. The Kier molecular flexibility index (Phi) is 8.90. The third-order valence-corrected chi connectivity index (χ3v) is 2.75. The fourth-order valence-corrected chi connectivity index (χ4v) is 1.87. The molecule has 0 aromatic carbocycles. The van der Waals surface area contributed by atoms with E-state index in [1.54, 1.807) is 0 Å². The minimum atomic E-state index is 0.582. The number of nitrogens with one attached hydrogen (secondary N) is 2. The molecule has 0 aliphatic carbocycles. The highest BCUT2D eigenvalue weighted by molar-refractivity contribution is 4.74. The number of hydrogen-bond donors (Lipinski definition) is 2. The molecule has 2 N–H and O–H groups in total. The van der Waals surface area contributed by atoms with Crippen LogP contribution in [0.2, 0.25) is 0 Å². The zero-order valence-electron chi connectivity index (χ0n) is 12.0. The summed E-state index contributed by atoms with van der Waals surface area (Å²) in [5, 5.41) is 7.18. The smallest absolute Gasteiger partial charge is 0.0101 e. The zero-order chi connectivity index (χ0) is 12.6. The van der Waals surface area contributed by atoms with Crippen LogP contribution in [0.1, 0.15) is 40.5 Å². The second-order valence-corrected chi connectivity index (χ2v) is 5.32. The highest BCUT2D eigenvalue weighted by Crippen LogP contribution is 2.03. The topological polar surface area (TPSA) is 27.3 Å². The molecule has 3 nitrogen and oxygen atoms in total. The number of nitrogens with zero attached hydrogens (tertiary/aromatic N) is 1. The molecule has 0 aromatic rings. The van der Waals surface area contributed by atoms with E-state index in [2.05, 4.69) is 57.3 Å². The monoisotopic (exact) mass is 229 g/mol. The normalized spacial score (nSPS) is 15.8. The molecule has 0 heterocycles. The van der Waals surface area contributed by atoms with Crippen LogP contribution < -0.4 is 10.6 Å². The van der Waals surface area contributed by atoms with Crippen molar-refractivity contribution in [3.8, 4) is 0 Å². The minimum Gasteiger partial charge on any atom is -0.313 e. The van der Waals surface area contributed by atoms with E-state index in [4.69, 9.17) is 0 Å². The predicted octanol–water partition coefficient (Wildman–Crippen LogP) is 1.69. The molecule has 0 saturated heterocycles. The summed E-state index contributed by atoms with van der Waals surface area (Å²) < 4.78 is 0. The van der Waals surface area contributed by atoms with Gasteiger partial charge in [0.25, 0.3) is 0 Å². The van der Waals surface area contributed by atoms with Gasteiger partial charge in [0.15, 0.2) is 0 Å². The number of rotatable bonds is 9. The van der Waals surface area contributed by atoms with Crippen LogP contribution in [0.3, 0.4) is 0 Å². The molecule has 2 unspecified atom stereocenters. The first-order chi connectivity index (χ1) is 7.45. The molecule has 0 amide bonds. The summed E-state index contributed by atoms with van der Waals surface area (Å²) in [7, 11) is 4.23. The first kappa shape index (κ1) is 15.9. The Morgan fingerprint density at radius 1 is 1.12 bits per heavy atom. The van der Waals surface area contributed by atoms with Gasteiger partial charge in [-0.25, -0.2) is 0 Å². The van der Waals surface area contributed by atoms with Gasteiger partial charge in [0, 0.05) is 31.2 Å². The minimum absolute atomic E-state index is 0.582. The lowest BCUT2D eigenvalue weighted by molar-refractivity contribution is 0.351. The molecule has 0 fully saturated rings. The largest absolute Gasteiger partial charge is 0.313 e. The molecule has 0 saturated carbocycles. The van der Waals surface area contributed by atoms with Gasteiger partial charge in [-0.1, -0.05) is 20.8 Å². The first-order valence-corrected chi connectivity index (χ1v) is 6.59. The summed E-state index contributed by atoms with van der Waals surface area (Å²) in [6.07, 6.45) is 2.42. The van der Waals surface area contributed by atoms with Gasteiger partial charge in [-0.05, 0) is 33.9 Å². The van der Waals surface area contributed by atoms with Gasteiger partial charge in [-0.15, -0.1) is 0 Å². The lowest BCUT2D eigenvalue weighted by Gasteiger charge is -2.24. The van der Waals surface area contributed by atoms with Gasteiger partial charge in [0.05, 0.1) is 0 Å². The Balaban J connectivity index is 3.69. The molecule has 0 aliphatic rings. The Hall–Kier alpha value is -0.120. The van der Waals surface area contributed by atoms with Gasteiger partial charge >= 0.3 is 0 Å². The van der Waals surface area contributed by atoms with Crippen LogP contribution in [0.5, 0.6) is 0 Å². The van der Waals surface area contributed by atoms with Crippen LogP contribution >= 0.6 is 0 Å². The third-order valence-electron chi connectivity index (χ3n) is 2.75. The van der Waals surface area contributed by atoms with E-state index in [-0.39, 0.29) is 0 Å². The van der Waals surface area contributed by atoms with Crippen LogP contribution in [0.15, 0.2) is 0 Å². The van der Waals surface area contributed by atoms with Crippen LogP contribution in [-0.4, -0.2) is 50.2 Å². The summed E-state index contributed by atoms with van der Waals surface area (Å²) in [6, 6.07) is 1.82. The molecule has 16 heavy (non-hydrogen) atoms. The molecule has 0 bridgehead atoms. The van der Waals surface area contributed by atoms with Crippen LogP contribution in [0.4, 0.5) is 0 Å². The SMILES string of the molecule is CCC(CC(C)NCCN(C)C)NC(C)C. The van der Waals surface area contributed by atoms with E-state index in [9.17, 15) is 0 Å². The quantitative estimate of drug-likeness (QED) is 0.630. The van der Waals surface area contributed by atoms with E-state index in [0.717, 1.165) is 13.1 Å². The Morgan fingerprint density at radius 2 is 1.75 bits per heavy atom. The first-order valence-electron chi connectivity index (χ1n) is 6.59. The predicted molar refractivity (Wildman–Crippen MR) is 73.0 cm³/mol. The lowest BCUT2D eigenvalue weighted by Crippen LogP contribution is -2.41. The van der Waals surface area contributed by atoms with Crippen LogP contribution in [-0.2, 0) is 0 Å². The van der Waals surface area contributed by atoms with E-state index < -0.39 is 0 Å². The van der Waals surface area contributed by atoms with Crippen molar-refractivity contribution in [1.29, 1.82) is 0 Å².